The van der Waals surface area contributed by atoms with Crippen molar-refractivity contribution in [2.24, 2.45) is 4.99 Å². The number of aromatic nitrogens is 1. The van der Waals surface area contributed by atoms with Crippen LogP contribution in [0, 0.1) is 0 Å². The van der Waals surface area contributed by atoms with Gasteiger partial charge in [-0.2, -0.15) is 13.2 Å². The van der Waals surface area contributed by atoms with Crippen molar-refractivity contribution in [2.75, 3.05) is 44.7 Å². The Morgan fingerprint density at radius 1 is 1.33 bits per heavy atom. The zero-order chi connectivity index (χ0) is 19.9. The SMILES string of the molecule is CCN(CC)c1ccc(CNC(=NC)NC2CCN(CC(F)(F)F)C2)cn1. The molecule has 1 unspecified atom stereocenters. The predicted octanol–water partition coefficient (Wildman–Crippen LogP) is 2.23. The van der Waals surface area contributed by atoms with Gasteiger partial charge in [-0.15, -0.1) is 0 Å². The lowest BCUT2D eigenvalue weighted by atomic mass is 10.2. The average Bonchev–Trinajstić information content (AvgIpc) is 3.05. The van der Waals surface area contributed by atoms with Gasteiger partial charge < -0.3 is 15.5 Å². The van der Waals surface area contributed by atoms with Gasteiger partial charge in [0.05, 0.1) is 6.54 Å². The van der Waals surface area contributed by atoms with Crippen molar-refractivity contribution in [1.82, 2.24) is 20.5 Å². The molecule has 0 aromatic carbocycles. The molecule has 152 valence electrons. The lowest BCUT2D eigenvalue weighted by Crippen LogP contribution is -2.44. The summed E-state index contributed by atoms with van der Waals surface area (Å²) in [5.41, 5.74) is 1.01. The second-order valence-corrected chi connectivity index (χ2v) is 6.60. The van der Waals surface area contributed by atoms with Crippen LogP contribution < -0.4 is 15.5 Å². The van der Waals surface area contributed by atoms with E-state index in [0.29, 0.717) is 32.0 Å². The quantitative estimate of drug-likeness (QED) is 0.556. The third-order valence-corrected chi connectivity index (χ3v) is 4.60. The van der Waals surface area contributed by atoms with Crippen LogP contribution in [-0.2, 0) is 6.54 Å². The van der Waals surface area contributed by atoms with Gasteiger partial charge in [0.25, 0.3) is 0 Å². The zero-order valence-corrected chi connectivity index (χ0v) is 16.2. The number of rotatable bonds is 7. The predicted molar refractivity (Wildman–Crippen MR) is 102 cm³/mol. The number of nitrogens with zero attached hydrogens (tertiary/aromatic N) is 4. The first kappa shape index (κ1) is 21.3. The van der Waals surface area contributed by atoms with Crippen LogP contribution in [0.2, 0.25) is 0 Å². The van der Waals surface area contributed by atoms with Crippen LogP contribution in [0.4, 0.5) is 19.0 Å². The summed E-state index contributed by atoms with van der Waals surface area (Å²) >= 11 is 0. The van der Waals surface area contributed by atoms with Crippen molar-refractivity contribution in [1.29, 1.82) is 0 Å². The van der Waals surface area contributed by atoms with E-state index in [4.69, 9.17) is 0 Å². The van der Waals surface area contributed by atoms with E-state index in [2.05, 4.69) is 39.4 Å². The molecule has 2 N–H and O–H groups in total. The number of pyridine rings is 1. The third kappa shape index (κ3) is 6.89. The molecular formula is C18H29F3N6. The molecule has 0 aliphatic carbocycles. The van der Waals surface area contributed by atoms with Crippen molar-refractivity contribution in [3.63, 3.8) is 0 Å². The highest BCUT2D eigenvalue weighted by molar-refractivity contribution is 5.80. The molecule has 0 radical (unpaired) electrons. The van der Waals surface area contributed by atoms with E-state index < -0.39 is 12.7 Å². The standard InChI is InChI=1S/C18H29F3N6/c1-4-27(5-2)16-7-6-14(10-23-16)11-24-17(22-3)25-15-8-9-26(12-15)13-18(19,20)21/h6-7,10,15H,4-5,8-9,11-13H2,1-3H3,(H2,22,24,25). The number of guanidine groups is 1. The molecule has 9 heteroatoms. The van der Waals surface area contributed by atoms with E-state index in [-0.39, 0.29) is 6.04 Å². The summed E-state index contributed by atoms with van der Waals surface area (Å²) < 4.78 is 37.5. The molecule has 2 heterocycles. The Kier molecular flexibility index (Phi) is 7.70. The van der Waals surface area contributed by atoms with E-state index in [1.165, 1.54) is 4.90 Å². The maximum absolute atomic E-state index is 12.5. The summed E-state index contributed by atoms with van der Waals surface area (Å²) in [5.74, 6) is 1.53. The van der Waals surface area contributed by atoms with Gasteiger partial charge in [0.2, 0.25) is 0 Å². The molecule has 1 aliphatic rings. The molecule has 1 aliphatic heterocycles. The Balaban J connectivity index is 1.81. The molecule has 0 bridgehead atoms. The van der Waals surface area contributed by atoms with Crippen LogP contribution in [0.1, 0.15) is 25.8 Å². The molecular weight excluding hydrogens is 357 g/mol. The summed E-state index contributed by atoms with van der Waals surface area (Å²) in [6.45, 7) is 6.48. The van der Waals surface area contributed by atoms with E-state index in [9.17, 15) is 13.2 Å². The van der Waals surface area contributed by atoms with Crippen LogP contribution in [0.15, 0.2) is 23.3 Å². The van der Waals surface area contributed by atoms with Crippen LogP contribution in [-0.4, -0.2) is 67.8 Å². The highest BCUT2D eigenvalue weighted by Crippen LogP contribution is 2.20. The van der Waals surface area contributed by atoms with Gasteiger partial charge in [0, 0.05) is 52.0 Å². The van der Waals surface area contributed by atoms with Crippen LogP contribution in [0.5, 0.6) is 0 Å². The molecule has 0 spiro atoms. The Morgan fingerprint density at radius 2 is 2.07 bits per heavy atom. The second-order valence-electron chi connectivity index (χ2n) is 6.60. The Hall–Kier alpha value is -2.03. The van der Waals surface area contributed by atoms with Gasteiger partial charge in [-0.25, -0.2) is 4.98 Å². The molecule has 1 aromatic rings. The number of hydrogen-bond acceptors (Lipinski definition) is 4. The third-order valence-electron chi connectivity index (χ3n) is 4.60. The largest absolute Gasteiger partial charge is 0.401 e. The minimum atomic E-state index is -4.15. The Morgan fingerprint density at radius 3 is 2.63 bits per heavy atom. The number of hydrogen-bond donors (Lipinski definition) is 2. The lowest BCUT2D eigenvalue weighted by molar-refractivity contribution is -0.143. The summed E-state index contributed by atoms with van der Waals surface area (Å²) in [5, 5.41) is 6.40. The van der Waals surface area contributed by atoms with Gasteiger partial charge in [0.1, 0.15) is 5.82 Å². The maximum Gasteiger partial charge on any atom is 0.401 e. The second kappa shape index (κ2) is 9.77. The molecule has 1 saturated heterocycles. The minimum Gasteiger partial charge on any atom is -0.357 e. The zero-order valence-electron chi connectivity index (χ0n) is 16.2. The highest BCUT2D eigenvalue weighted by Gasteiger charge is 2.34. The number of halogens is 3. The Bertz CT molecular complexity index is 598. The first-order chi connectivity index (χ1) is 12.8. The number of alkyl halides is 3. The summed E-state index contributed by atoms with van der Waals surface area (Å²) in [4.78, 5) is 12.2. The molecule has 0 saturated carbocycles. The number of likely N-dealkylation sites (tertiary alicyclic amines) is 1. The van der Waals surface area contributed by atoms with Crippen molar-refractivity contribution in [3.8, 4) is 0 Å². The molecule has 1 atom stereocenters. The van der Waals surface area contributed by atoms with Crippen LogP contribution in [0.25, 0.3) is 0 Å². The molecule has 1 aromatic heterocycles. The van der Waals surface area contributed by atoms with Gasteiger partial charge in [-0.05, 0) is 31.9 Å². The van der Waals surface area contributed by atoms with Crippen molar-refractivity contribution < 1.29 is 13.2 Å². The fraction of sp³-hybridized carbons (Fsp3) is 0.667. The van der Waals surface area contributed by atoms with Gasteiger partial charge in [-0.1, -0.05) is 6.07 Å². The Labute approximate surface area is 158 Å². The molecule has 2 rings (SSSR count). The number of aliphatic imine (C=N–C) groups is 1. The van der Waals surface area contributed by atoms with E-state index in [0.717, 1.165) is 24.5 Å². The lowest BCUT2D eigenvalue weighted by Gasteiger charge is -2.20. The monoisotopic (exact) mass is 386 g/mol. The fourth-order valence-electron chi connectivity index (χ4n) is 3.18. The van der Waals surface area contributed by atoms with Crippen LogP contribution in [0.3, 0.4) is 0 Å². The molecule has 1 fully saturated rings. The molecule has 0 amide bonds. The first-order valence-corrected chi connectivity index (χ1v) is 9.30. The van der Waals surface area contributed by atoms with E-state index >= 15 is 0 Å². The normalized spacial score (nSPS) is 18.6. The van der Waals surface area contributed by atoms with Gasteiger partial charge in [-0.3, -0.25) is 9.89 Å². The average molecular weight is 386 g/mol. The fourth-order valence-corrected chi connectivity index (χ4v) is 3.18. The van der Waals surface area contributed by atoms with Crippen molar-refractivity contribution in [2.45, 2.75) is 39.0 Å². The highest BCUT2D eigenvalue weighted by atomic mass is 19.4. The van der Waals surface area contributed by atoms with E-state index in [1.807, 2.05) is 18.3 Å². The minimum absolute atomic E-state index is 0.0401. The van der Waals surface area contributed by atoms with Crippen molar-refractivity contribution in [3.05, 3.63) is 23.9 Å². The topological polar surface area (TPSA) is 55.8 Å². The number of nitrogens with one attached hydrogen (secondary N) is 2. The number of anilines is 1. The van der Waals surface area contributed by atoms with Crippen LogP contribution >= 0.6 is 0 Å². The van der Waals surface area contributed by atoms with Gasteiger partial charge >= 0.3 is 6.18 Å². The maximum atomic E-state index is 12.5. The summed E-state index contributed by atoms with van der Waals surface area (Å²) in [7, 11) is 1.65. The molecule has 27 heavy (non-hydrogen) atoms. The van der Waals surface area contributed by atoms with Gasteiger partial charge in [0.15, 0.2) is 5.96 Å². The summed E-state index contributed by atoms with van der Waals surface area (Å²) in [6.07, 6.45) is -1.66. The summed E-state index contributed by atoms with van der Waals surface area (Å²) in [6, 6.07) is 3.97. The first-order valence-electron chi connectivity index (χ1n) is 9.30. The smallest absolute Gasteiger partial charge is 0.357 e. The molecule has 6 nitrogen and oxygen atoms in total. The van der Waals surface area contributed by atoms with E-state index in [1.54, 1.807) is 7.05 Å². The van der Waals surface area contributed by atoms with Crippen molar-refractivity contribution >= 4 is 11.8 Å².